The molecule has 0 saturated heterocycles. The summed E-state index contributed by atoms with van der Waals surface area (Å²) in [5, 5.41) is 2.06. The molecule has 0 aromatic rings. The molecule has 0 atom stereocenters. The number of imide groups is 1. The van der Waals surface area contributed by atoms with Crippen molar-refractivity contribution in [3.8, 4) is 0 Å². The standard InChI is InChI=1S/C8H15N3O3/c1-3-11(4-2)8(14)10-7(13)5-6(9)12/h3-5H2,1-2H3,(H2,9,12)(H,10,13,14). The normalized spacial score (nSPS) is 9.29. The number of nitrogens with zero attached hydrogens (tertiary/aromatic N) is 1. The summed E-state index contributed by atoms with van der Waals surface area (Å²) < 4.78 is 0. The van der Waals surface area contributed by atoms with Gasteiger partial charge in [0.1, 0.15) is 6.42 Å². The van der Waals surface area contributed by atoms with Crippen LogP contribution in [0.25, 0.3) is 0 Å². The SMILES string of the molecule is CCN(CC)C(=O)NC(=O)CC(N)=O. The molecule has 0 radical (unpaired) electrons. The van der Waals surface area contributed by atoms with Gasteiger partial charge in [0.05, 0.1) is 0 Å². The van der Waals surface area contributed by atoms with Crippen LogP contribution >= 0.6 is 0 Å². The van der Waals surface area contributed by atoms with Crippen molar-refractivity contribution in [3.05, 3.63) is 0 Å². The highest BCUT2D eigenvalue weighted by atomic mass is 16.2. The monoisotopic (exact) mass is 201 g/mol. The number of primary amides is 1. The number of nitrogens with one attached hydrogen (secondary N) is 1. The zero-order valence-electron chi connectivity index (χ0n) is 8.37. The Morgan fingerprint density at radius 2 is 1.71 bits per heavy atom. The average molecular weight is 201 g/mol. The van der Waals surface area contributed by atoms with Crippen molar-refractivity contribution in [2.45, 2.75) is 20.3 Å². The molecule has 0 spiro atoms. The molecule has 0 aromatic heterocycles. The van der Waals surface area contributed by atoms with E-state index in [1.807, 2.05) is 0 Å². The molecule has 6 nitrogen and oxygen atoms in total. The zero-order chi connectivity index (χ0) is 11.1. The molecule has 0 fully saturated rings. The first-order valence-corrected chi connectivity index (χ1v) is 4.38. The largest absolute Gasteiger partial charge is 0.369 e. The van der Waals surface area contributed by atoms with Crippen molar-refractivity contribution < 1.29 is 14.4 Å². The second-order valence-electron chi connectivity index (χ2n) is 2.67. The number of hydrogen-bond acceptors (Lipinski definition) is 3. The Bertz CT molecular complexity index is 236. The van der Waals surface area contributed by atoms with E-state index in [4.69, 9.17) is 5.73 Å². The van der Waals surface area contributed by atoms with E-state index in [1.165, 1.54) is 4.90 Å². The van der Waals surface area contributed by atoms with Crippen LogP contribution in [0.3, 0.4) is 0 Å². The fraction of sp³-hybridized carbons (Fsp3) is 0.625. The molecule has 0 rings (SSSR count). The van der Waals surface area contributed by atoms with Gasteiger partial charge in [-0.1, -0.05) is 0 Å². The first-order chi connectivity index (χ1) is 6.51. The quantitative estimate of drug-likeness (QED) is 0.597. The van der Waals surface area contributed by atoms with E-state index in [0.717, 1.165) is 0 Å². The van der Waals surface area contributed by atoms with Crippen LogP contribution in [0.2, 0.25) is 0 Å². The lowest BCUT2D eigenvalue weighted by Crippen LogP contribution is -2.43. The molecule has 14 heavy (non-hydrogen) atoms. The molecule has 0 heterocycles. The number of hydrogen-bond donors (Lipinski definition) is 2. The highest BCUT2D eigenvalue weighted by molar-refractivity contribution is 6.03. The van der Waals surface area contributed by atoms with Crippen LogP contribution in [-0.4, -0.2) is 35.8 Å². The van der Waals surface area contributed by atoms with Gasteiger partial charge in [-0.3, -0.25) is 14.9 Å². The number of carbonyl (C=O) groups excluding carboxylic acids is 3. The van der Waals surface area contributed by atoms with Gasteiger partial charge in [0.25, 0.3) is 0 Å². The van der Waals surface area contributed by atoms with Crippen molar-refractivity contribution >= 4 is 17.8 Å². The highest BCUT2D eigenvalue weighted by Gasteiger charge is 2.14. The van der Waals surface area contributed by atoms with Gasteiger partial charge < -0.3 is 10.6 Å². The summed E-state index contributed by atoms with van der Waals surface area (Å²) in [6.07, 6.45) is -0.465. The predicted molar refractivity (Wildman–Crippen MR) is 50.3 cm³/mol. The second kappa shape index (κ2) is 5.95. The fourth-order valence-electron chi connectivity index (χ4n) is 0.912. The molecule has 0 aliphatic rings. The third-order valence-corrected chi connectivity index (χ3v) is 1.63. The molecule has 80 valence electrons. The molecular weight excluding hydrogens is 186 g/mol. The number of urea groups is 1. The Morgan fingerprint density at radius 3 is 2.07 bits per heavy atom. The van der Waals surface area contributed by atoms with Gasteiger partial charge in [0, 0.05) is 13.1 Å². The van der Waals surface area contributed by atoms with Crippen molar-refractivity contribution in [3.63, 3.8) is 0 Å². The lowest BCUT2D eigenvalue weighted by molar-refractivity contribution is -0.127. The topological polar surface area (TPSA) is 92.5 Å². The van der Waals surface area contributed by atoms with Crippen molar-refractivity contribution in [1.82, 2.24) is 10.2 Å². The Balaban J connectivity index is 4.04. The van der Waals surface area contributed by atoms with Crippen LogP contribution in [0.4, 0.5) is 4.79 Å². The minimum atomic E-state index is -0.755. The molecule has 0 saturated carbocycles. The van der Waals surface area contributed by atoms with Gasteiger partial charge in [0.15, 0.2) is 0 Å². The van der Waals surface area contributed by atoms with Crippen molar-refractivity contribution in [2.24, 2.45) is 5.73 Å². The Hall–Kier alpha value is -1.59. The van der Waals surface area contributed by atoms with Gasteiger partial charge in [-0.15, -0.1) is 0 Å². The lowest BCUT2D eigenvalue weighted by atomic mass is 10.4. The Labute approximate surface area is 82.4 Å². The number of amides is 4. The summed E-state index contributed by atoms with van der Waals surface area (Å²) >= 11 is 0. The molecule has 4 amide bonds. The zero-order valence-corrected chi connectivity index (χ0v) is 8.37. The van der Waals surface area contributed by atoms with Gasteiger partial charge in [-0.2, -0.15) is 0 Å². The third-order valence-electron chi connectivity index (χ3n) is 1.63. The Morgan fingerprint density at radius 1 is 1.21 bits per heavy atom. The van der Waals surface area contributed by atoms with E-state index in [0.29, 0.717) is 13.1 Å². The number of nitrogens with two attached hydrogens (primary N) is 1. The summed E-state index contributed by atoms with van der Waals surface area (Å²) in [4.78, 5) is 33.9. The number of carbonyl (C=O) groups is 3. The summed E-state index contributed by atoms with van der Waals surface area (Å²) in [5.74, 6) is -1.43. The van der Waals surface area contributed by atoms with Crippen LogP contribution in [0.5, 0.6) is 0 Å². The van der Waals surface area contributed by atoms with E-state index in [2.05, 4.69) is 5.32 Å². The van der Waals surface area contributed by atoms with Crippen LogP contribution in [0, 0.1) is 0 Å². The molecule has 0 aliphatic heterocycles. The first kappa shape index (κ1) is 12.4. The molecule has 6 heteroatoms. The van der Waals surface area contributed by atoms with E-state index in [-0.39, 0.29) is 0 Å². The average Bonchev–Trinajstić information content (AvgIpc) is 2.04. The van der Waals surface area contributed by atoms with E-state index >= 15 is 0 Å². The van der Waals surface area contributed by atoms with E-state index in [1.54, 1.807) is 13.8 Å². The van der Waals surface area contributed by atoms with Gasteiger partial charge >= 0.3 is 6.03 Å². The van der Waals surface area contributed by atoms with E-state index in [9.17, 15) is 14.4 Å². The van der Waals surface area contributed by atoms with E-state index < -0.39 is 24.3 Å². The maximum atomic E-state index is 11.2. The van der Waals surface area contributed by atoms with Gasteiger partial charge in [-0.25, -0.2) is 4.79 Å². The van der Waals surface area contributed by atoms with Crippen LogP contribution in [0.15, 0.2) is 0 Å². The molecule has 0 aromatic carbocycles. The molecule has 0 unspecified atom stereocenters. The molecule has 0 bridgehead atoms. The maximum absolute atomic E-state index is 11.2. The highest BCUT2D eigenvalue weighted by Crippen LogP contribution is 1.88. The van der Waals surface area contributed by atoms with Crippen LogP contribution in [0.1, 0.15) is 20.3 Å². The first-order valence-electron chi connectivity index (χ1n) is 4.38. The van der Waals surface area contributed by atoms with Crippen molar-refractivity contribution in [1.29, 1.82) is 0 Å². The molecule has 3 N–H and O–H groups in total. The van der Waals surface area contributed by atoms with Gasteiger partial charge in [-0.05, 0) is 13.8 Å². The lowest BCUT2D eigenvalue weighted by Gasteiger charge is -2.18. The summed E-state index contributed by atoms with van der Waals surface area (Å²) in [5.41, 5.74) is 4.79. The number of rotatable bonds is 4. The predicted octanol–water partition coefficient (Wildman–Crippen LogP) is -0.560. The molecule has 0 aliphatic carbocycles. The second-order valence-corrected chi connectivity index (χ2v) is 2.67. The smallest absolute Gasteiger partial charge is 0.324 e. The minimum Gasteiger partial charge on any atom is -0.369 e. The summed E-state index contributed by atoms with van der Waals surface area (Å²) in [6, 6.07) is -0.499. The maximum Gasteiger partial charge on any atom is 0.324 e. The third kappa shape index (κ3) is 4.44. The minimum absolute atomic E-state index is 0.465. The Kier molecular flexibility index (Phi) is 5.28. The summed E-state index contributed by atoms with van der Waals surface area (Å²) in [7, 11) is 0. The summed E-state index contributed by atoms with van der Waals surface area (Å²) in [6.45, 7) is 4.60. The van der Waals surface area contributed by atoms with Crippen molar-refractivity contribution in [2.75, 3.05) is 13.1 Å². The van der Waals surface area contributed by atoms with Gasteiger partial charge in [0.2, 0.25) is 11.8 Å². The molecular formula is C8H15N3O3. The fourth-order valence-corrected chi connectivity index (χ4v) is 0.912. The van der Waals surface area contributed by atoms with Crippen LogP contribution in [-0.2, 0) is 9.59 Å². The van der Waals surface area contributed by atoms with Crippen LogP contribution < -0.4 is 11.1 Å².